The molecule has 3 aromatic carbocycles. The molecule has 0 unspecified atom stereocenters. The predicted octanol–water partition coefficient (Wildman–Crippen LogP) is 5.90. The second-order valence-corrected chi connectivity index (χ2v) is 7.41. The van der Waals surface area contributed by atoms with Crippen LogP contribution in [0.1, 0.15) is 21.5 Å². The predicted molar refractivity (Wildman–Crippen MR) is 102 cm³/mol. The molecule has 0 aromatic heterocycles. The van der Waals surface area contributed by atoms with Gasteiger partial charge < -0.3 is 0 Å². The van der Waals surface area contributed by atoms with Gasteiger partial charge in [0.2, 0.25) is 0 Å². The Morgan fingerprint density at radius 3 is 2.50 bits per heavy atom. The van der Waals surface area contributed by atoms with Crippen molar-refractivity contribution in [3.8, 4) is 0 Å². The van der Waals surface area contributed by atoms with E-state index in [1.54, 1.807) is 11.8 Å². The first-order chi connectivity index (χ1) is 11.7. The van der Waals surface area contributed by atoms with Gasteiger partial charge in [0.1, 0.15) is 6.29 Å². The van der Waals surface area contributed by atoms with E-state index in [4.69, 9.17) is 4.99 Å². The third kappa shape index (κ3) is 2.83. The molecule has 0 N–H and O–H groups in total. The highest BCUT2D eigenvalue weighted by Crippen LogP contribution is 2.41. The van der Waals surface area contributed by atoms with Crippen LogP contribution in [0.4, 0.5) is 5.69 Å². The number of halogens is 1. The quantitative estimate of drug-likeness (QED) is 0.397. The van der Waals surface area contributed by atoms with Crippen LogP contribution in [0.5, 0.6) is 0 Å². The highest BCUT2D eigenvalue weighted by molar-refractivity contribution is 9.10. The van der Waals surface area contributed by atoms with Gasteiger partial charge in [-0.3, -0.25) is 4.79 Å². The average Bonchev–Trinajstić information content (AvgIpc) is 2.78. The maximum atomic E-state index is 11.1. The third-order valence-electron chi connectivity index (χ3n) is 3.83. The van der Waals surface area contributed by atoms with Crippen molar-refractivity contribution in [2.45, 2.75) is 9.79 Å². The van der Waals surface area contributed by atoms with Crippen molar-refractivity contribution >= 4 is 45.4 Å². The zero-order chi connectivity index (χ0) is 16.5. The Hall–Kier alpha value is -2.17. The van der Waals surface area contributed by atoms with Crippen molar-refractivity contribution < 1.29 is 4.79 Å². The van der Waals surface area contributed by atoms with Gasteiger partial charge in [-0.15, -0.1) is 0 Å². The molecule has 3 aromatic rings. The number of nitrogens with zero attached hydrogens (tertiary/aromatic N) is 1. The van der Waals surface area contributed by atoms with E-state index >= 15 is 0 Å². The fraction of sp³-hybridized carbons (Fsp3) is 0. The molecule has 0 fully saturated rings. The van der Waals surface area contributed by atoms with Crippen molar-refractivity contribution in [3.05, 3.63) is 87.9 Å². The molecule has 0 radical (unpaired) electrons. The molecule has 0 amide bonds. The zero-order valence-corrected chi connectivity index (χ0v) is 15.0. The Balaban J connectivity index is 1.97. The third-order valence-corrected chi connectivity index (χ3v) is 5.50. The SMILES string of the molecule is O=Cc1ccc2c(c1)N=C(c1ccc(Br)cc1)c1ccccc1S2. The summed E-state index contributed by atoms with van der Waals surface area (Å²) >= 11 is 5.16. The van der Waals surface area contributed by atoms with Crippen LogP contribution in [0, 0.1) is 0 Å². The molecular weight excluding hydrogens is 382 g/mol. The second-order valence-electron chi connectivity index (χ2n) is 5.41. The van der Waals surface area contributed by atoms with Crippen molar-refractivity contribution in [1.82, 2.24) is 0 Å². The van der Waals surface area contributed by atoms with Crippen molar-refractivity contribution in [2.75, 3.05) is 0 Å². The summed E-state index contributed by atoms with van der Waals surface area (Å²) in [5, 5.41) is 0. The van der Waals surface area contributed by atoms with Crippen LogP contribution < -0.4 is 0 Å². The lowest BCUT2D eigenvalue weighted by molar-refractivity contribution is 0.112. The summed E-state index contributed by atoms with van der Waals surface area (Å²) < 4.78 is 1.03. The Bertz CT molecular complexity index is 964. The number of hydrogen-bond acceptors (Lipinski definition) is 3. The van der Waals surface area contributed by atoms with Crippen LogP contribution in [0.2, 0.25) is 0 Å². The lowest BCUT2D eigenvalue weighted by Gasteiger charge is -2.09. The van der Waals surface area contributed by atoms with Crippen LogP contribution in [0.3, 0.4) is 0 Å². The van der Waals surface area contributed by atoms with Gasteiger partial charge in [-0.05, 0) is 30.3 Å². The number of aldehydes is 1. The molecule has 4 rings (SSSR count). The van der Waals surface area contributed by atoms with Crippen LogP contribution in [0.25, 0.3) is 0 Å². The number of benzene rings is 3. The minimum Gasteiger partial charge on any atom is -0.298 e. The zero-order valence-electron chi connectivity index (χ0n) is 12.6. The Morgan fingerprint density at radius 1 is 0.917 bits per heavy atom. The number of aliphatic imine (C=N–C) groups is 1. The van der Waals surface area contributed by atoms with Gasteiger partial charge in [0, 0.05) is 31.0 Å². The summed E-state index contributed by atoms with van der Waals surface area (Å²) in [6.45, 7) is 0. The van der Waals surface area contributed by atoms with Gasteiger partial charge in [0.05, 0.1) is 11.4 Å². The van der Waals surface area contributed by atoms with Gasteiger partial charge in [0.15, 0.2) is 0 Å². The van der Waals surface area contributed by atoms with Gasteiger partial charge in [-0.25, -0.2) is 4.99 Å². The molecule has 1 heterocycles. The molecule has 0 saturated carbocycles. The average molecular weight is 394 g/mol. The normalized spacial score (nSPS) is 12.6. The van der Waals surface area contributed by atoms with E-state index in [0.717, 1.165) is 43.1 Å². The summed E-state index contributed by atoms with van der Waals surface area (Å²) in [7, 11) is 0. The van der Waals surface area contributed by atoms with E-state index in [1.165, 1.54) is 0 Å². The first-order valence-electron chi connectivity index (χ1n) is 7.46. The smallest absolute Gasteiger partial charge is 0.150 e. The second kappa shape index (κ2) is 6.38. The van der Waals surface area contributed by atoms with Crippen LogP contribution in [-0.4, -0.2) is 12.0 Å². The fourth-order valence-corrected chi connectivity index (χ4v) is 3.93. The van der Waals surface area contributed by atoms with Gasteiger partial charge in [-0.2, -0.15) is 0 Å². The molecule has 116 valence electrons. The molecule has 0 spiro atoms. The van der Waals surface area contributed by atoms with Crippen molar-refractivity contribution in [2.24, 2.45) is 4.99 Å². The number of fused-ring (bicyclic) bond motifs is 2. The van der Waals surface area contributed by atoms with E-state index in [9.17, 15) is 4.79 Å². The molecular formula is C20H12BrNOS. The molecule has 0 atom stereocenters. The standard InChI is InChI=1S/C20H12BrNOS/c21-15-8-6-14(7-9-15)20-16-3-1-2-4-18(16)24-19-10-5-13(12-23)11-17(19)22-20/h1-12H. The maximum absolute atomic E-state index is 11.1. The summed E-state index contributed by atoms with van der Waals surface area (Å²) in [5.41, 5.74) is 4.55. The van der Waals surface area contributed by atoms with E-state index in [1.807, 2.05) is 42.5 Å². The molecule has 0 aliphatic carbocycles. The van der Waals surface area contributed by atoms with E-state index in [0.29, 0.717) is 5.56 Å². The Labute approximate surface area is 152 Å². The molecule has 24 heavy (non-hydrogen) atoms. The number of hydrogen-bond donors (Lipinski definition) is 0. The lowest BCUT2D eigenvalue weighted by atomic mass is 10.0. The minimum absolute atomic E-state index is 0.638. The van der Waals surface area contributed by atoms with E-state index in [-0.39, 0.29) is 0 Å². The lowest BCUT2D eigenvalue weighted by Crippen LogP contribution is -2.03. The first kappa shape index (κ1) is 15.4. The number of carbonyl (C=O) groups is 1. The molecule has 1 aliphatic rings. The highest BCUT2D eigenvalue weighted by atomic mass is 79.9. The molecule has 1 aliphatic heterocycles. The maximum Gasteiger partial charge on any atom is 0.150 e. The van der Waals surface area contributed by atoms with Crippen LogP contribution >= 0.6 is 27.7 Å². The monoisotopic (exact) mass is 393 g/mol. The topological polar surface area (TPSA) is 29.4 Å². The minimum atomic E-state index is 0.638. The Kier molecular flexibility index (Phi) is 4.08. The van der Waals surface area contributed by atoms with Crippen molar-refractivity contribution in [3.63, 3.8) is 0 Å². The molecule has 4 heteroatoms. The summed E-state index contributed by atoms with van der Waals surface area (Å²) in [5.74, 6) is 0. The van der Waals surface area contributed by atoms with Crippen molar-refractivity contribution in [1.29, 1.82) is 0 Å². The van der Waals surface area contributed by atoms with Gasteiger partial charge in [0.25, 0.3) is 0 Å². The molecule has 0 saturated heterocycles. The summed E-state index contributed by atoms with van der Waals surface area (Å²) in [6, 6.07) is 22.1. The molecule has 2 nitrogen and oxygen atoms in total. The number of carbonyl (C=O) groups excluding carboxylic acids is 1. The Morgan fingerprint density at radius 2 is 1.71 bits per heavy atom. The molecule has 0 bridgehead atoms. The highest BCUT2D eigenvalue weighted by Gasteiger charge is 2.18. The van der Waals surface area contributed by atoms with Gasteiger partial charge in [-0.1, -0.05) is 64.1 Å². The largest absolute Gasteiger partial charge is 0.298 e. The van der Waals surface area contributed by atoms with E-state index in [2.05, 4.69) is 40.2 Å². The summed E-state index contributed by atoms with van der Waals surface area (Å²) in [4.78, 5) is 18.3. The van der Waals surface area contributed by atoms with Crippen LogP contribution in [0.15, 0.2) is 86.0 Å². The van der Waals surface area contributed by atoms with Gasteiger partial charge >= 0.3 is 0 Å². The fourth-order valence-electron chi connectivity index (χ4n) is 2.66. The number of rotatable bonds is 2. The van der Waals surface area contributed by atoms with E-state index < -0.39 is 0 Å². The first-order valence-corrected chi connectivity index (χ1v) is 9.07. The van der Waals surface area contributed by atoms with Crippen LogP contribution in [-0.2, 0) is 0 Å². The summed E-state index contributed by atoms with van der Waals surface area (Å²) in [6.07, 6.45) is 0.859.